The molecular weight excluding hydrogens is 366 g/mol. The van der Waals surface area contributed by atoms with Crippen LogP contribution in [0.2, 0.25) is 0 Å². The third-order valence-corrected chi connectivity index (χ3v) is 8.21. The molecule has 1 saturated heterocycles. The van der Waals surface area contributed by atoms with Crippen LogP contribution in [-0.2, 0) is 9.53 Å². The van der Waals surface area contributed by atoms with E-state index < -0.39 is 0 Å². The second-order valence-electron chi connectivity index (χ2n) is 10.3. The topological polar surface area (TPSA) is 56.8 Å². The van der Waals surface area contributed by atoms with E-state index in [4.69, 9.17) is 14.2 Å². The molecule has 0 unspecified atom stereocenters. The maximum Gasteiger partial charge on any atom is 0.222 e. The summed E-state index contributed by atoms with van der Waals surface area (Å²) in [4.78, 5) is 12.7. The van der Waals surface area contributed by atoms with Crippen molar-refractivity contribution >= 4 is 5.91 Å². The molecule has 5 rings (SSSR count). The van der Waals surface area contributed by atoms with Gasteiger partial charge in [-0.2, -0.15) is 0 Å². The van der Waals surface area contributed by atoms with Gasteiger partial charge >= 0.3 is 0 Å². The van der Waals surface area contributed by atoms with Gasteiger partial charge in [-0.25, -0.2) is 0 Å². The third-order valence-electron chi connectivity index (χ3n) is 8.21. The third kappa shape index (κ3) is 2.80. The molecular formula is C24H33NO4. The summed E-state index contributed by atoms with van der Waals surface area (Å²) < 4.78 is 17.9. The van der Waals surface area contributed by atoms with E-state index in [1.807, 2.05) is 19.9 Å². The second kappa shape index (κ2) is 6.63. The first-order chi connectivity index (χ1) is 13.8. The van der Waals surface area contributed by atoms with Gasteiger partial charge in [0.2, 0.25) is 5.91 Å². The molecule has 29 heavy (non-hydrogen) atoms. The Kier molecular flexibility index (Phi) is 4.39. The van der Waals surface area contributed by atoms with Gasteiger partial charge in [-0.15, -0.1) is 0 Å². The zero-order chi connectivity index (χ0) is 20.4. The molecule has 2 aliphatic carbocycles. The first-order valence-corrected chi connectivity index (χ1v) is 11.1. The molecule has 3 fully saturated rings. The summed E-state index contributed by atoms with van der Waals surface area (Å²) in [6.45, 7) is 10.6. The highest BCUT2D eigenvalue weighted by molar-refractivity contribution is 5.78. The van der Waals surface area contributed by atoms with Crippen LogP contribution in [0.3, 0.4) is 0 Å². The molecule has 1 N–H and O–H groups in total. The van der Waals surface area contributed by atoms with Crippen molar-refractivity contribution in [2.75, 3.05) is 19.8 Å². The molecule has 0 radical (unpaired) electrons. The Balaban J connectivity index is 1.48. The Hall–Kier alpha value is -1.75. The number of fused-ring (bicyclic) bond motifs is 2. The number of amides is 1. The highest BCUT2D eigenvalue weighted by Gasteiger charge is 2.68. The minimum Gasteiger partial charge on any atom is -0.486 e. The fourth-order valence-corrected chi connectivity index (χ4v) is 6.66. The van der Waals surface area contributed by atoms with Crippen molar-refractivity contribution in [3.63, 3.8) is 0 Å². The van der Waals surface area contributed by atoms with Crippen molar-refractivity contribution in [3.8, 4) is 11.5 Å². The number of hydrogen-bond acceptors (Lipinski definition) is 4. The van der Waals surface area contributed by atoms with E-state index in [1.54, 1.807) is 0 Å². The molecule has 1 spiro atoms. The summed E-state index contributed by atoms with van der Waals surface area (Å²) >= 11 is 0. The van der Waals surface area contributed by atoms with Crippen LogP contribution < -0.4 is 14.8 Å². The zero-order valence-electron chi connectivity index (χ0n) is 18.0. The van der Waals surface area contributed by atoms with Crippen LogP contribution in [0.4, 0.5) is 0 Å². The number of nitrogens with one attached hydrogen (secondary N) is 1. The average molecular weight is 400 g/mol. The van der Waals surface area contributed by atoms with Crippen LogP contribution in [0.5, 0.6) is 11.5 Å². The summed E-state index contributed by atoms with van der Waals surface area (Å²) in [6, 6.07) is 6.47. The molecule has 1 aromatic carbocycles. The fourth-order valence-electron chi connectivity index (χ4n) is 6.66. The number of hydrogen-bond donors (Lipinski definition) is 1. The van der Waals surface area contributed by atoms with Crippen molar-refractivity contribution in [2.45, 2.75) is 59.1 Å². The molecule has 2 heterocycles. The van der Waals surface area contributed by atoms with Gasteiger partial charge in [0.1, 0.15) is 13.2 Å². The normalized spacial score (nSPS) is 36.7. The quantitative estimate of drug-likeness (QED) is 0.831. The highest BCUT2D eigenvalue weighted by Crippen LogP contribution is 2.70. The van der Waals surface area contributed by atoms with Crippen LogP contribution in [0, 0.1) is 28.6 Å². The van der Waals surface area contributed by atoms with E-state index in [0.29, 0.717) is 25.0 Å². The lowest BCUT2D eigenvalue weighted by atomic mass is 9.58. The highest BCUT2D eigenvalue weighted by atomic mass is 16.6. The Morgan fingerprint density at radius 1 is 1.14 bits per heavy atom. The van der Waals surface area contributed by atoms with Gasteiger partial charge in [-0.1, -0.05) is 33.8 Å². The van der Waals surface area contributed by atoms with Gasteiger partial charge in [0.05, 0.1) is 6.10 Å². The maximum atomic E-state index is 12.7. The number of carbonyl (C=O) groups is 1. The monoisotopic (exact) mass is 399 g/mol. The van der Waals surface area contributed by atoms with Gasteiger partial charge in [0, 0.05) is 18.6 Å². The standard InChI is InChI=1S/C24H33NO4/c1-14(2)21(26)25-22-23(3,4)16-12-17-20(29-8-7-24(17,22)13-16)15-5-6-18-19(11-15)28-10-9-27-18/h5-6,11,14,16-17,20,22H,7-10,12-13H2,1-4H3,(H,25,26)/t16-,17-,20-,22+,24-/m1/s1. The van der Waals surface area contributed by atoms with Crippen LogP contribution in [-0.4, -0.2) is 31.8 Å². The van der Waals surface area contributed by atoms with Crippen LogP contribution >= 0.6 is 0 Å². The molecule has 4 aliphatic rings. The molecule has 0 aromatic heterocycles. The maximum absolute atomic E-state index is 12.7. The second-order valence-corrected chi connectivity index (χ2v) is 10.3. The minimum atomic E-state index is 0.00760. The van der Waals surface area contributed by atoms with Crippen molar-refractivity contribution in [1.29, 1.82) is 0 Å². The number of ether oxygens (including phenoxy) is 3. The number of benzene rings is 1. The van der Waals surface area contributed by atoms with Gasteiger partial charge in [0.15, 0.2) is 11.5 Å². The Morgan fingerprint density at radius 3 is 2.66 bits per heavy atom. The Labute approximate surface area is 173 Å². The van der Waals surface area contributed by atoms with Crippen molar-refractivity contribution in [3.05, 3.63) is 23.8 Å². The van der Waals surface area contributed by atoms with Gasteiger partial charge < -0.3 is 19.5 Å². The predicted octanol–water partition coefficient (Wildman–Crippen LogP) is 4.11. The molecule has 5 heteroatoms. The predicted molar refractivity (Wildman–Crippen MR) is 110 cm³/mol. The molecule has 158 valence electrons. The van der Waals surface area contributed by atoms with Crippen LogP contribution in [0.15, 0.2) is 18.2 Å². The van der Waals surface area contributed by atoms with Crippen LogP contribution in [0.25, 0.3) is 0 Å². The minimum absolute atomic E-state index is 0.00760. The lowest BCUT2D eigenvalue weighted by molar-refractivity contribution is -0.139. The molecule has 1 amide bonds. The van der Waals surface area contributed by atoms with E-state index in [-0.39, 0.29) is 34.8 Å². The van der Waals surface area contributed by atoms with E-state index in [1.165, 1.54) is 18.4 Å². The Morgan fingerprint density at radius 2 is 1.90 bits per heavy atom. The average Bonchev–Trinajstić information content (AvgIpc) is 3.19. The molecule has 2 aliphatic heterocycles. The van der Waals surface area contributed by atoms with E-state index in [2.05, 4.69) is 31.3 Å². The lowest BCUT2D eigenvalue weighted by Crippen LogP contribution is -2.59. The summed E-state index contributed by atoms with van der Waals surface area (Å²) in [6.07, 6.45) is 3.44. The number of rotatable bonds is 3. The largest absolute Gasteiger partial charge is 0.486 e. The molecule has 5 atom stereocenters. The summed E-state index contributed by atoms with van der Waals surface area (Å²) in [5.74, 6) is 2.87. The summed E-state index contributed by atoms with van der Waals surface area (Å²) in [5, 5.41) is 3.47. The SMILES string of the molecule is CC(C)C(=O)N[C@H]1C(C)(C)[C@@H]2C[C@@H]3[C@@H](c4ccc5c(c4)OCCO5)OCC[C@@]31C2. The zero-order valence-corrected chi connectivity index (χ0v) is 18.0. The van der Waals surface area contributed by atoms with E-state index >= 15 is 0 Å². The van der Waals surface area contributed by atoms with Gasteiger partial charge in [-0.05, 0) is 59.6 Å². The van der Waals surface area contributed by atoms with Crippen LogP contribution in [0.1, 0.15) is 58.6 Å². The van der Waals surface area contributed by atoms with E-state index in [0.717, 1.165) is 24.5 Å². The van der Waals surface area contributed by atoms with Crippen molar-refractivity contribution in [2.24, 2.45) is 28.6 Å². The molecule has 5 nitrogen and oxygen atoms in total. The van der Waals surface area contributed by atoms with E-state index in [9.17, 15) is 4.79 Å². The summed E-state index contributed by atoms with van der Waals surface area (Å²) in [7, 11) is 0. The fraction of sp³-hybridized carbons (Fsp3) is 0.708. The van der Waals surface area contributed by atoms with Gasteiger partial charge in [-0.3, -0.25) is 4.79 Å². The molecule has 1 aromatic rings. The molecule has 2 saturated carbocycles. The van der Waals surface area contributed by atoms with Gasteiger partial charge in [0.25, 0.3) is 0 Å². The first kappa shape index (κ1) is 19.2. The first-order valence-electron chi connectivity index (χ1n) is 11.1. The van der Waals surface area contributed by atoms with Crippen molar-refractivity contribution in [1.82, 2.24) is 5.32 Å². The number of carbonyl (C=O) groups excluding carboxylic acids is 1. The summed E-state index contributed by atoms with van der Waals surface area (Å²) in [5.41, 5.74) is 1.42. The molecule has 2 bridgehead atoms. The smallest absolute Gasteiger partial charge is 0.222 e. The van der Waals surface area contributed by atoms with Crippen molar-refractivity contribution < 1.29 is 19.0 Å². The Bertz CT molecular complexity index is 819. The lowest BCUT2D eigenvalue weighted by Gasteiger charge is -2.53.